The lowest BCUT2D eigenvalue weighted by Gasteiger charge is -2.56. The van der Waals surface area contributed by atoms with Gasteiger partial charge in [-0.15, -0.1) is 10.2 Å². The lowest BCUT2D eigenvalue weighted by molar-refractivity contribution is -0.0484. The van der Waals surface area contributed by atoms with Crippen molar-refractivity contribution in [2.24, 2.45) is 23.2 Å². The first-order valence-electron chi connectivity index (χ1n) is 12.5. The van der Waals surface area contributed by atoms with Crippen LogP contribution in [-0.2, 0) is 0 Å². The quantitative estimate of drug-likeness (QED) is 0.398. The van der Waals surface area contributed by atoms with Crippen molar-refractivity contribution in [3.05, 3.63) is 65.7 Å². The first-order chi connectivity index (χ1) is 16.1. The summed E-state index contributed by atoms with van der Waals surface area (Å²) in [4.78, 5) is 0. The fourth-order valence-electron chi connectivity index (χ4n) is 7.07. The van der Waals surface area contributed by atoms with Gasteiger partial charge in [0.1, 0.15) is 10.7 Å². The lowest BCUT2D eigenvalue weighted by Crippen LogP contribution is -2.49. The largest absolute Gasteiger partial charge is 0.258 e. The Balaban J connectivity index is 1.24. The van der Waals surface area contributed by atoms with E-state index in [9.17, 15) is 0 Å². The third-order valence-electron chi connectivity index (χ3n) is 8.25. The molecule has 0 aliphatic heterocycles. The van der Waals surface area contributed by atoms with Gasteiger partial charge in [0, 0.05) is 17.7 Å². The van der Waals surface area contributed by atoms with Crippen molar-refractivity contribution in [2.45, 2.75) is 57.4 Å². The molecule has 4 aliphatic carbocycles. The molecule has 1 heterocycles. The van der Waals surface area contributed by atoms with Crippen molar-refractivity contribution in [3.8, 4) is 22.4 Å². The summed E-state index contributed by atoms with van der Waals surface area (Å²) in [6.07, 6.45) is 8.78. The minimum absolute atomic E-state index is 0.525. The maximum atomic E-state index is 4.71. The van der Waals surface area contributed by atoms with Crippen LogP contribution in [0.3, 0.4) is 0 Å². The highest BCUT2D eigenvalue weighted by Crippen LogP contribution is 2.59. The predicted octanol–water partition coefficient (Wildman–Crippen LogP) is 7.24. The molecular weight excluding hydrogens is 422 g/mol. The maximum Gasteiger partial charge on any atom is 0.134 e. The molecule has 4 fully saturated rings. The normalized spacial score (nSPS) is 27.8. The van der Waals surface area contributed by atoms with E-state index in [4.69, 9.17) is 5.10 Å². The van der Waals surface area contributed by atoms with Crippen LogP contribution in [0.4, 0.5) is 0 Å². The molecule has 0 radical (unpaired) electrons. The molecule has 0 saturated heterocycles. The highest BCUT2D eigenvalue weighted by Gasteiger charge is 2.50. The van der Waals surface area contributed by atoms with Crippen LogP contribution in [0.5, 0.6) is 0 Å². The Labute approximate surface area is 201 Å². The summed E-state index contributed by atoms with van der Waals surface area (Å²) in [6.45, 7) is 5.35. The molecule has 3 nitrogen and oxygen atoms in total. The van der Waals surface area contributed by atoms with Gasteiger partial charge in [-0.2, -0.15) is 0 Å². The molecule has 0 spiro atoms. The maximum absolute atomic E-state index is 4.71. The van der Waals surface area contributed by atoms with Crippen LogP contribution in [-0.4, -0.2) is 16.7 Å². The lowest BCUT2D eigenvalue weighted by atomic mass is 9.50. The fourth-order valence-corrected chi connectivity index (χ4v) is 7.86. The molecule has 4 bridgehead atoms. The van der Waals surface area contributed by atoms with E-state index in [1.807, 2.05) is 0 Å². The molecule has 1 N–H and O–H groups in total. The second kappa shape index (κ2) is 8.56. The number of rotatable bonds is 6. The topological polar surface area (TPSA) is 37.8 Å². The van der Waals surface area contributed by atoms with Crippen LogP contribution in [0.15, 0.2) is 59.6 Å². The third kappa shape index (κ3) is 4.36. The zero-order chi connectivity index (χ0) is 22.4. The Bertz CT molecular complexity index is 1100. The van der Waals surface area contributed by atoms with Crippen LogP contribution in [0.25, 0.3) is 22.4 Å². The van der Waals surface area contributed by atoms with Crippen LogP contribution in [0.2, 0.25) is 0 Å². The van der Waals surface area contributed by atoms with E-state index in [0.717, 1.165) is 46.1 Å². The highest BCUT2D eigenvalue weighted by atomic mass is 32.2. The van der Waals surface area contributed by atoms with Gasteiger partial charge < -0.3 is 0 Å². The predicted molar refractivity (Wildman–Crippen MR) is 137 cm³/mol. The molecule has 2 aromatic carbocycles. The van der Waals surface area contributed by atoms with Crippen molar-refractivity contribution in [2.75, 3.05) is 6.54 Å². The minimum Gasteiger partial charge on any atom is -0.258 e. The van der Waals surface area contributed by atoms with Crippen molar-refractivity contribution in [1.29, 1.82) is 0 Å². The monoisotopic (exact) mass is 455 g/mol. The minimum atomic E-state index is 0.525. The molecular formula is C29H33N3S. The fraction of sp³-hybridized carbons (Fsp3) is 0.448. The van der Waals surface area contributed by atoms with E-state index < -0.39 is 0 Å². The van der Waals surface area contributed by atoms with Crippen LogP contribution >= 0.6 is 11.9 Å². The summed E-state index contributed by atoms with van der Waals surface area (Å²) in [7, 11) is 0. The van der Waals surface area contributed by atoms with E-state index in [-0.39, 0.29) is 0 Å². The van der Waals surface area contributed by atoms with Gasteiger partial charge in [-0.1, -0.05) is 59.7 Å². The van der Waals surface area contributed by atoms with Crippen molar-refractivity contribution >= 4 is 11.9 Å². The Morgan fingerprint density at radius 1 is 0.788 bits per heavy atom. The van der Waals surface area contributed by atoms with E-state index in [1.54, 1.807) is 11.9 Å². The number of hydrogen-bond acceptors (Lipinski definition) is 4. The van der Waals surface area contributed by atoms with Gasteiger partial charge in [0.25, 0.3) is 0 Å². The zero-order valence-electron chi connectivity index (χ0n) is 19.7. The van der Waals surface area contributed by atoms with Gasteiger partial charge >= 0.3 is 0 Å². The van der Waals surface area contributed by atoms with Gasteiger partial charge in [-0.3, -0.25) is 4.72 Å². The van der Waals surface area contributed by atoms with E-state index >= 15 is 0 Å². The van der Waals surface area contributed by atoms with Gasteiger partial charge in [-0.05, 0) is 99.1 Å². The summed E-state index contributed by atoms with van der Waals surface area (Å²) < 4.78 is 3.73. The average molecular weight is 456 g/mol. The second-order valence-electron chi connectivity index (χ2n) is 11.0. The van der Waals surface area contributed by atoms with Gasteiger partial charge in [-0.25, -0.2) is 0 Å². The highest BCUT2D eigenvalue weighted by molar-refractivity contribution is 7.97. The summed E-state index contributed by atoms with van der Waals surface area (Å²) in [6, 6.07) is 19.5. The summed E-state index contributed by atoms with van der Waals surface area (Å²) >= 11 is 1.66. The Kier molecular flexibility index (Phi) is 5.54. The molecule has 0 atom stereocenters. The van der Waals surface area contributed by atoms with Crippen molar-refractivity contribution < 1.29 is 0 Å². The van der Waals surface area contributed by atoms with E-state index in [0.29, 0.717) is 5.41 Å². The number of aromatic nitrogens is 2. The van der Waals surface area contributed by atoms with Crippen LogP contribution in [0, 0.1) is 37.0 Å². The summed E-state index contributed by atoms with van der Waals surface area (Å²) in [5, 5.41) is 10.3. The molecule has 4 saturated carbocycles. The SMILES string of the molecule is Cc1ccc(-c2cc(SNCC34CC5CC(CC(C5)C3)C4)nnc2-c2ccc(C)cc2)cc1. The smallest absolute Gasteiger partial charge is 0.134 e. The van der Waals surface area contributed by atoms with Gasteiger partial charge in [0.2, 0.25) is 0 Å². The van der Waals surface area contributed by atoms with E-state index in [2.05, 4.69) is 78.3 Å². The molecule has 33 heavy (non-hydrogen) atoms. The number of hydrogen-bond donors (Lipinski definition) is 1. The average Bonchev–Trinajstić information content (AvgIpc) is 2.79. The number of benzene rings is 2. The molecule has 0 unspecified atom stereocenters. The standard InChI is InChI=1S/C29H33N3S/c1-19-3-7-24(8-4-19)26-14-27(31-32-28(26)25-9-5-20(2)6-10-25)33-30-18-29-15-21-11-22(16-29)13-23(12-21)17-29/h3-10,14,21-23,30H,11-13,15-18H2,1-2H3. The number of nitrogens with one attached hydrogen (secondary N) is 1. The Morgan fingerprint density at radius 2 is 1.33 bits per heavy atom. The molecule has 7 rings (SSSR count). The third-order valence-corrected chi connectivity index (χ3v) is 8.95. The van der Waals surface area contributed by atoms with Crippen LogP contribution < -0.4 is 4.72 Å². The molecule has 170 valence electrons. The van der Waals surface area contributed by atoms with Crippen molar-refractivity contribution in [3.63, 3.8) is 0 Å². The second-order valence-corrected chi connectivity index (χ2v) is 11.9. The summed E-state index contributed by atoms with van der Waals surface area (Å²) in [5.74, 6) is 2.97. The number of nitrogens with zero attached hydrogens (tertiary/aromatic N) is 2. The first-order valence-corrected chi connectivity index (χ1v) is 13.3. The first kappa shape index (κ1) is 21.4. The zero-order valence-corrected chi connectivity index (χ0v) is 20.5. The number of aryl methyl sites for hydroxylation is 2. The molecule has 4 heteroatoms. The molecule has 3 aromatic rings. The Morgan fingerprint density at radius 3 is 1.91 bits per heavy atom. The Hall–Kier alpha value is -2.17. The van der Waals surface area contributed by atoms with Gasteiger partial charge in [0.15, 0.2) is 0 Å². The van der Waals surface area contributed by atoms with Crippen LogP contribution in [0.1, 0.15) is 49.7 Å². The van der Waals surface area contributed by atoms with Crippen molar-refractivity contribution in [1.82, 2.24) is 14.9 Å². The molecule has 1 aromatic heterocycles. The molecule has 4 aliphatic rings. The molecule has 0 amide bonds. The van der Waals surface area contributed by atoms with Gasteiger partial charge in [0.05, 0.1) is 0 Å². The summed E-state index contributed by atoms with van der Waals surface area (Å²) in [5.41, 5.74) is 7.44. The van der Waals surface area contributed by atoms with E-state index in [1.165, 1.54) is 55.2 Å².